The zero-order chi connectivity index (χ0) is 11.1. The molecule has 0 saturated carbocycles. The van der Waals surface area contributed by atoms with Crippen LogP contribution in [-0.4, -0.2) is 38.1 Å². The Morgan fingerprint density at radius 2 is 1.57 bits per heavy atom. The van der Waals surface area contributed by atoms with Gasteiger partial charge in [-0.2, -0.15) is 0 Å². The van der Waals surface area contributed by atoms with Crippen molar-refractivity contribution < 1.29 is 14.2 Å². The van der Waals surface area contributed by atoms with Crippen molar-refractivity contribution in [3.63, 3.8) is 0 Å². The van der Waals surface area contributed by atoms with Gasteiger partial charge in [0.15, 0.2) is 0 Å². The van der Waals surface area contributed by atoms with Crippen LogP contribution in [0.2, 0.25) is 0 Å². The van der Waals surface area contributed by atoms with E-state index in [1.54, 1.807) is 7.11 Å². The lowest BCUT2D eigenvalue weighted by Gasteiger charge is -2.30. The molecule has 0 radical (unpaired) electrons. The zero-order valence-corrected chi connectivity index (χ0v) is 10.2. The second-order valence-electron chi connectivity index (χ2n) is 3.75. The van der Waals surface area contributed by atoms with Gasteiger partial charge in [-0.1, -0.05) is 0 Å². The van der Waals surface area contributed by atoms with Crippen molar-refractivity contribution in [1.29, 1.82) is 0 Å². The first-order chi connectivity index (χ1) is 6.52. The van der Waals surface area contributed by atoms with E-state index in [1.807, 2.05) is 34.6 Å². The van der Waals surface area contributed by atoms with E-state index in [9.17, 15) is 0 Å². The lowest BCUT2D eigenvalue weighted by Crippen LogP contribution is -2.40. The molecule has 0 aliphatic rings. The van der Waals surface area contributed by atoms with Crippen LogP contribution in [0.15, 0.2) is 0 Å². The summed E-state index contributed by atoms with van der Waals surface area (Å²) in [6.07, 6.45) is 0.316. The van der Waals surface area contributed by atoms with Crippen LogP contribution in [0, 0.1) is 0 Å². The molecule has 0 aliphatic heterocycles. The average molecular weight is 204 g/mol. The molecule has 0 aromatic heterocycles. The van der Waals surface area contributed by atoms with Crippen LogP contribution in [0.1, 0.15) is 34.6 Å². The van der Waals surface area contributed by atoms with E-state index >= 15 is 0 Å². The summed E-state index contributed by atoms with van der Waals surface area (Å²) in [4.78, 5) is 0. The maximum atomic E-state index is 5.77. The molecule has 86 valence electrons. The first-order valence-electron chi connectivity index (χ1n) is 5.32. The van der Waals surface area contributed by atoms with E-state index < -0.39 is 0 Å². The monoisotopic (exact) mass is 204 g/mol. The Hall–Kier alpha value is -0.120. The van der Waals surface area contributed by atoms with Crippen molar-refractivity contribution in [1.82, 2.24) is 0 Å². The molecule has 0 aromatic carbocycles. The Labute approximate surface area is 87.7 Å². The van der Waals surface area contributed by atoms with E-state index in [0.29, 0.717) is 6.61 Å². The van der Waals surface area contributed by atoms with Crippen LogP contribution in [-0.2, 0) is 14.2 Å². The number of hydrogen-bond acceptors (Lipinski definition) is 3. The van der Waals surface area contributed by atoms with E-state index in [2.05, 4.69) is 0 Å². The molecule has 0 aliphatic carbocycles. The maximum absolute atomic E-state index is 5.77. The fourth-order valence-electron chi connectivity index (χ4n) is 1.41. The smallest absolute Gasteiger partial charge is 0.109 e. The molecular formula is C11H24O3. The molecule has 0 amide bonds. The van der Waals surface area contributed by atoms with Gasteiger partial charge in [0.1, 0.15) is 6.10 Å². The summed E-state index contributed by atoms with van der Waals surface area (Å²) in [5.41, 5.74) is 0. The summed E-state index contributed by atoms with van der Waals surface area (Å²) >= 11 is 0. The normalized spacial score (nSPS) is 18.2. The Balaban J connectivity index is 4.22. The van der Waals surface area contributed by atoms with Crippen molar-refractivity contribution >= 4 is 0 Å². The molecule has 0 spiro atoms. The quantitative estimate of drug-likeness (QED) is 0.636. The minimum absolute atomic E-state index is 0.0000463. The predicted molar refractivity (Wildman–Crippen MR) is 57.6 cm³/mol. The molecule has 3 atom stereocenters. The third-order valence-electron chi connectivity index (χ3n) is 2.16. The summed E-state index contributed by atoms with van der Waals surface area (Å²) in [6.45, 7) is 10.8. The highest BCUT2D eigenvalue weighted by atomic mass is 16.6. The Morgan fingerprint density at radius 1 is 1.00 bits per heavy atom. The van der Waals surface area contributed by atoms with E-state index in [-0.39, 0.29) is 24.4 Å². The molecule has 0 fully saturated rings. The van der Waals surface area contributed by atoms with Gasteiger partial charge in [-0.25, -0.2) is 0 Å². The average Bonchev–Trinajstić information content (AvgIpc) is 2.13. The molecule has 0 saturated heterocycles. The molecule has 3 unspecified atom stereocenters. The molecule has 0 bridgehead atoms. The molecule has 14 heavy (non-hydrogen) atoms. The lowest BCUT2D eigenvalue weighted by molar-refractivity contribution is -0.135. The summed E-state index contributed by atoms with van der Waals surface area (Å²) in [7, 11) is 1.69. The van der Waals surface area contributed by atoms with Gasteiger partial charge in [0, 0.05) is 13.7 Å². The van der Waals surface area contributed by atoms with E-state index in [1.165, 1.54) is 0 Å². The highest BCUT2D eigenvalue weighted by Crippen LogP contribution is 2.13. The van der Waals surface area contributed by atoms with Gasteiger partial charge in [-0.3, -0.25) is 0 Å². The highest BCUT2D eigenvalue weighted by Gasteiger charge is 2.25. The molecule has 0 N–H and O–H groups in total. The molecule has 0 heterocycles. The Morgan fingerprint density at radius 3 is 1.93 bits per heavy atom. The van der Waals surface area contributed by atoms with Crippen molar-refractivity contribution in [3.05, 3.63) is 0 Å². The van der Waals surface area contributed by atoms with Gasteiger partial charge in [-0.15, -0.1) is 0 Å². The van der Waals surface area contributed by atoms with Crippen LogP contribution in [0.5, 0.6) is 0 Å². The molecule has 3 heteroatoms. The largest absolute Gasteiger partial charge is 0.379 e. The fraction of sp³-hybridized carbons (Fsp3) is 1.00. The summed E-state index contributed by atoms with van der Waals surface area (Å²) in [6, 6.07) is 0. The van der Waals surface area contributed by atoms with E-state index in [4.69, 9.17) is 14.2 Å². The first-order valence-corrected chi connectivity index (χ1v) is 5.32. The number of rotatable bonds is 7. The van der Waals surface area contributed by atoms with Crippen LogP contribution in [0.3, 0.4) is 0 Å². The Kier molecular flexibility index (Phi) is 7.15. The SMILES string of the molecule is CCOC(C)C(OC(C)C)C(C)OC. The lowest BCUT2D eigenvalue weighted by atomic mass is 10.1. The van der Waals surface area contributed by atoms with Gasteiger partial charge in [0.05, 0.1) is 18.3 Å². The summed E-state index contributed by atoms with van der Waals surface area (Å²) < 4.78 is 16.6. The standard InChI is InChI=1S/C11H24O3/c1-7-13-10(5)11(9(4)12-6)14-8(2)3/h8-11H,7H2,1-6H3. The second kappa shape index (κ2) is 7.21. The third kappa shape index (κ3) is 4.94. The number of hydrogen-bond donors (Lipinski definition) is 0. The second-order valence-corrected chi connectivity index (χ2v) is 3.75. The molecule has 0 rings (SSSR count). The van der Waals surface area contributed by atoms with Crippen LogP contribution in [0.25, 0.3) is 0 Å². The topological polar surface area (TPSA) is 27.7 Å². The van der Waals surface area contributed by atoms with Gasteiger partial charge in [0.25, 0.3) is 0 Å². The first kappa shape index (κ1) is 13.9. The third-order valence-corrected chi connectivity index (χ3v) is 2.16. The van der Waals surface area contributed by atoms with Gasteiger partial charge in [0.2, 0.25) is 0 Å². The highest BCUT2D eigenvalue weighted by molar-refractivity contribution is 4.74. The van der Waals surface area contributed by atoms with Gasteiger partial charge < -0.3 is 14.2 Å². The number of methoxy groups -OCH3 is 1. The molecule has 0 aromatic rings. The minimum Gasteiger partial charge on any atom is -0.379 e. The van der Waals surface area contributed by atoms with Crippen molar-refractivity contribution in [3.8, 4) is 0 Å². The van der Waals surface area contributed by atoms with Crippen LogP contribution >= 0.6 is 0 Å². The summed E-state index contributed by atoms with van der Waals surface area (Å²) in [5.74, 6) is 0. The Bertz CT molecular complexity index is 136. The van der Waals surface area contributed by atoms with Crippen molar-refractivity contribution in [2.24, 2.45) is 0 Å². The molecule has 3 nitrogen and oxygen atoms in total. The number of ether oxygens (including phenoxy) is 3. The van der Waals surface area contributed by atoms with Crippen LogP contribution < -0.4 is 0 Å². The van der Waals surface area contributed by atoms with Crippen LogP contribution in [0.4, 0.5) is 0 Å². The fourth-order valence-corrected chi connectivity index (χ4v) is 1.41. The zero-order valence-electron chi connectivity index (χ0n) is 10.2. The molecular weight excluding hydrogens is 180 g/mol. The van der Waals surface area contributed by atoms with Gasteiger partial charge in [-0.05, 0) is 34.6 Å². The van der Waals surface area contributed by atoms with Crippen molar-refractivity contribution in [2.45, 2.75) is 59.0 Å². The predicted octanol–water partition coefficient (Wildman–Crippen LogP) is 2.24. The van der Waals surface area contributed by atoms with E-state index in [0.717, 1.165) is 0 Å². The summed E-state index contributed by atoms with van der Waals surface area (Å²) in [5, 5.41) is 0. The van der Waals surface area contributed by atoms with Gasteiger partial charge >= 0.3 is 0 Å². The minimum atomic E-state index is -0.0000463. The van der Waals surface area contributed by atoms with Crippen molar-refractivity contribution in [2.75, 3.05) is 13.7 Å². The maximum Gasteiger partial charge on any atom is 0.109 e.